The molecule has 3 aromatic rings. The number of carbonyl (C=O) groups is 1. The van der Waals surface area contributed by atoms with Crippen LogP contribution in [-0.4, -0.2) is 50.0 Å². The molecule has 2 unspecified atom stereocenters. The first-order chi connectivity index (χ1) is 15.8. The fraction of sp³-hybridized carbons (Fsp3) is 0.208. The van der Waals surface area contributed by atoms with Crippen molar-refractivity contribution in [1.82, 2.24) is 9.62 Å². The first-order valence-electron chi connectivity index (χ1n) is 10.4. The van der Waals surface area contributed by atoms with Crippen LogP contribution in [0.25, 0.3) is 10.8 Å². The Morgan fingerprint density at radius 2 is 1.82 bits per heavy atom. The van der Waals surface area contributed by atoms with Gasteiger partial charge >= 0.3 is 0 Å². The van der Waals surface area contributed by atoms with Gasteiger partial charge in [-0.15, -0.1) is 0 Å². The van der Waals surface area contributed by atoms with E-state index in [1.54, 1.807) is 36.4 Å². The van der Waals surface area contributed by atoms with Gasteiger partial charge in [0.05, 0.1) is 4.90 Å². The lowest BCUT2D eigenvalue weighted by Crippen LogP contribution is -2.45. The first-order valence-corrected chi connectivity index (χ1v) is 11.9. The van der Waals surface area contributed by atoms with Crippen LogP contribution >= 0.6 is 0 Å². The normalized spacial score (nSPS) is 17.3. The summed E-state index contributed by atoms with van der Waals surface area (Å²) < 4.78 is 28.3. The Bertz CT molecular complexity index is 1320. The highest BCUT2D eigenvalue weighted by molar-refractivity contribution is 7.89. The van der Waals surface area contributed by atoms with Gasteiger partial charge in [-0.2, -0.15) is 4.72 Å². The van der Waals surface area contributed by atoms with Crippen LogP contribution in [0.15, 0.2) is 71.6 Å². The van der Waals surface area contributed by atoms with Gasteiger partial charge in [0.15, 0.2) is 0 Å². The lowest BCUT2D eigenvalue weighted by atomic mass is 10.0. The summed E-state index contributed by atoms with van der Waals surface area (Å²) in [4.78, 5) is 26.0. The minimum Gasteiger partial charge on any atom is -0.384 e. The van der Waals surface area contributed by atoms with E-state index in [-0.39, 0.29) is 30.1 Å². The third kappa shape index (κ3) is 4.79. The third-order valence-electron chi connectivity index (χ3n) is 5.77. The largest absolute Gasteiger partial charge is 0.384 e. The standard InChI is InChI=1S/C24H23N4O4S/c25-23(26)18-7-5-16(6-8-18)13-20(15-29)28-12-11-22(24(28)30)27-33(31,32)21-10-9-17-3-1-2-4-19(17)14-21/h1-10,14,20,22,27H,11-13H2,(H3,25,26). The van der Waals surface area contributed by atoms with Crippen molar-refractivity contribution in [3.63, 3.8) is 0 Å². The monoisotopic (exact) mass is 463 g/mol. The number of fused-ring (bicyclic) bond motifs is 1. The van der Waals surface area contributed by atoms with Crippen molar-refractivity contribution in [2.75, 3.05) is 6.54 Å². The van der Waals surface area contributed by atoms with E-state index in [1.807, 2.05) is 30.6 Å². The summed E-state index contributed by atoms with van der Waals surface area (Å²) in [7, 11) is -3.92. The fourth-order valence-electron chi connectivity index (χ4n) is 3.97. The summed E-state index contributed by atoms with van der Waals surface area (Å²) in [6.45, 7) is 0.245. The molecule has 1 heterocycles. The van der Waals surface area contributed by atoms with Crippen LogP contribution < -0.4 is 10.5 Å². The molecule has 33 heavy (non-hydrogen) atoms. The van der Waals surface area contributed by atoms with Crippen molar-refractivity contribution in [1.29, 1.82) is 5.41 Å². The number of amides is 1. The molecule has 1 fully saturated rings. The molecule has 8 nitrogen and oxygen atoms in total. The molecule has 1 amide bonds. The quantitative estimate of drug-likeness (QED) is 0.346. The molecule has 0 aromatic heterocycles. The Labute approximate surface area is 192 Å². The van der Waals surface area contributed by atoms with E-state index < -0.39 is 28.0 Å². The zero-order valence-electron chi connectivity index (χ0n) is 17.7. The number of hydrogen-bond acceptors (Lipinski definition) is 5. The molecule has 9 heteroatoms. The highest BCUT2D eigenvalue weighted by Crippen LogP contribution is 2.22. The number of benzene rings is 3. The Morgan fingerprint density at radius 1 is 1.12 bits per heavy atom. The average Bonchev–Trinajstić information content (AvgIpc) is 3.16. The van der Waals surface area contributed by atoms with E-state index in [2.05, 4.69) is 4.72 Å². The van der Waals surface area contributed by atoms with E-state index in [9.17, 15) is 18.0 Å². The van der Waals surface area contributed by atoms with Crippen LogP contribution in [0.4, 0.5) is 0 Å². The summed E-state index contributed by atoms with van der Waals surface area (Å²) in [6, 6.07) is 17.3. The topological polar surface area (TPSA) is 133 Å². The van der Waals surface area contributed by atoms with Gasteiger partial charge in [0, 0.05) is 18.5 Å². The third-order valence-corrected chi connectivity index (χ3v) is 7.24. The minimum absolute atomic E-state index is 0.0590. The van der Waals surface area contributed by atoms with Crippen LogP contribution in [0.5, 0.6) is 0 Å². The molecule has 3 aromatic carbocycles. The second-order valence-corrected chi connectivity index (χ2v) is 9.67. The van der Waals surface area contributed by atoms with Gasteiger partial charge in [-0.05, 0) is 34.9 Å². The van der Waals surface area contributed by atoms with Crippen LogP contribution in [0.3, 0.4) is 0 Å². The number of nitrogens with one attached hydrogen (secondary N) is 2. The number of amidine groups is 1. The molecule has 169 valence electrons. The number of nitrogen functional groups attached to an aromatic ring is 1. The van der Waals surface area contributed by atoms with Crippen molar-refractivity contribution in [2.45, 2.75) is 29.8 Å². The number of hydrogen-bond donors (Lipinski definition) is 3. The maximum atomic E-state index is 12.9. The molecule has 0 aliphatic carbocycles. The van der Waals surface area contributed by atoms with Crippen LogP contribution in [0.1, 0.15) is 17.5 Å². The Kier molecular flexibility index (Phi) is 6.26. The number of likely N-dealkylation sites (tertiary alicyclic amines) is 1. The zero-order valence-corrected chi connectivity index (χ0v) is 18.5. The Hall–Kier alpha value is -3.56. The molecular formula is C24H23N4O4S. The molecule has 4 N–H and O–H groups in total. The Balaban J connectivity index is 1.46. The molecule has 2 atom stereocenters. The minimum atomic E-state index is -3.92. The van der Waals surface area contributed by atoms with E-state index in [0.717, 1.165) is 16.3 Å². The van der Waals surface area contributed by atoms with Crippen molar-refractivity contribution in [2.24, 2.45) is 5.73 Å². The second kappa shape index (κ2) is 9.13. The Morgan fingerprint density at radius 3 is 2.48 bits per heavy atom. The van der Waals surface area contributed by atoms with Gasteiger partial charge in [-0.25, -0.2) is 8.42 Å². The van der Waals surface area contributed by atoms with Gasteiger partial charge < -0.3 is 10.6 Å². The summed E-state index contributed by atoms with van der Waals surface area (Å²) >= 11 is 0. The molecule has 1 aliphatic heterocycles. The molecule has 0 saturated carbocycles. The lowest BCUT2D eigenvalue weighted by molar-refractivity contribution is -0.129. The fourth-order valence-corrected chi connectivity index (χ4v) is 5.23. The number of sulfonamides is 1. The summed E-state index contributed by atoms with van der Waals surface area (Å²) in [5.74, 6) is -0.510. The predicted octanol–water partition coefficient (Wildman–Crippen LogP) is 1.72. The van der Waals surface area contributed by atoms with Gasteiger partial charge in [0.25, 0.3) is 0 Å². The number of nitrogens with two attached hydrogens (primary N) is 1. The highest BCUT2D eigenvalue weighted by Gasteiger charge is 2.38. The number of rotatable bonds is 8. The van der Waals surface area contributed by atoms with Gasteiger partial charge in [-0.1, -0.05) is 54.6 Å². The van der Waals surface area contributed by atoms with Gasteiger partial charge in [0.1, 0.15) is 17.9 Å². The zero-order chi connectivity index (χ0) is 23.6. The summed E-state index contributed by atoms with van der Waals surface area (Å²) in [5, 5.41) is 9.15. The lowest BCUT2D eigenvalue weighted by Gasteiger charge is -2.23. The van der Waals surface area contributed by atoms with E-state index in [1.165, 1.54) is 11.0 Å². The molecule has 0 spiro atoms. The van der Waals surface area contributed by atoms with Crippen molar-refractivity contribution in [3.05, 3.63) is 77.9 Å². The van der Waals surface area contributed by atoms with Crippen LogP contribution in [0.2, 0.25) is 0 Å². The van der Waals surface area contributed by atoms with Crippen molar-refractivity contribution < 1.29 is 18.0 Å². The number of carbonyl (C=O) groups excluding carboxylic acids is 2. The molecule has 1 saturated heterocycles. The molecule has 1 aliphatic rings. The summed E-state index contributed by atoms with van der Waals surface area (Å²) in [5.41, 5.74) is 6.80. The molecule has 4 rings (SSSR count). The molecule has 1 radical (unpaired) electrons. The number of nitrogens with zero attached hydrogens (tertiary/aromatic N) is 1. The predicted molar refractivity (Wildman–Crippen MR) is 125 cm³/mol. The molecular weight excluding hydrogens is 440 g/mol. The maximum absolute atomic E-state index is 12.9. The van der Waals surface area contributed by atoms with E-state index >= 15 is 0 Å². The summed E-state index contributed by atoms with van der Waals surface area (Å²) in [6.07, 6.45) is 2.40. The maximum Gasteiger partial charge on any atom is 0.241 e. The van der Waals surface area contributed by atoms with E-state index in [4.69, 9.17) is 11.1 Å². The highest BCUT2D eigenvalue weighted by atomic mass is 32.2. The van der Waals surface area contributed by atoms with Crippen LogP contribution in [0, 0.1) is 5.41 Å². The van der Waals surface area contributed by atoms with Gasteiger partial charge in [0.2, 0.25) is 22.2 Å². The van der Waals surface area contributed by atoms with Gasteiger partial charge in [-0.3, -0.25) is 15.0 Å². The second-order valence-electron chi connectivity index (χ2n) is 7.95. The first kappa shape index (κ1) is 22.6. The van der Waals surface area contributed by atoms with E-state index in [0.29, 0.717) is 5.56 Å². The van der Waals surface area contributed by atoms with Crippen LogP contribution in [-0.2, 0) is 26.0 Å². The van der Waals surface area contributed by atoms with Crippen molar-refractivity contribution >= 4 is 38.8 Å². The molecule has 0 bridgehead atoms. The SMILES string of the molecule is N=C(N)c1ccc(CC([C]=O)N2CCC(NS(=O)(=O)c3ccc4ccccc4c3)C2=O)cc1. The smallest absolute Gasteiger partial charge is 0.241 e. The van der Waals surface area contributed by atoms with Crippen molar-refractivity contribution in [3.8, 4) is 0 Å². The average molecular weight is 464 g/mol.